The van der Waals surface area contributed by atoms with Crippen molar-refractivity contribution in [2.75, 3.05) is 13.2 Å². The van der Waals surface area contributed by atoms with Crippen LogP contribution < -0.4 is 5.46 Å². The quantitative estimate of drug-likeness (QED) is 0.774. The number of halogens is 2. The van der Waals surface area contributed by atoms with Gasteiger partial charge in [0, 0.05) is 16.0 Å². The molecule has 0 bridgehead atoms. The van der Waals surface area contributed by atoms with Gasteiger partial charge in [-0.25, -0.2) is 4.39 Å². The van der Waals surface area contributed by atoms with Gasteiger partial charge in [-0.05, 0) is 46.2 Å². The van der Waals surface area contributed by atoms with E-state index >= 15 is 0 Å². The van der Waals surface area contributed by atoms with Crippen molar-refractivity contribution in [3.63, 3.8) is 0 Å². The first-order valence-electron chi connectivity index (χ1n) is 7.71. The summed E-state index contributed by atoms with van der Waals surface area (Å²) in [6, 6.07) is 1.39. The summed E-state index contributed by atoms with van der Waals surface area (Å²) in [4.78, 5) is 0. The van der Waals surface area contributed by atoms with Gasteiger partial charge < -0.3 is 18.8 Å². The van der Waals surface area contributed by atoms with E-state index in [2.05, 4.69) is 0 Å². The number of benzene rings is 1. The maximum absolute atomic E-state index is 14.7. The summed E-state index contributed by atoms with van der Waals surface area (Å²) in [5.41, 5.74) is 0.244. The molecule has 2 fully saturated rings. The zero-order valence-corrected chi connectivity index (χ0v) is 14.8. The second kappa shape index (κ2) is 5.71. The first-order valence-corrected chi connectivity index (χ1v) is 8.09. The Balaban J connectivity index is 2.11. The van der Waals surface area contributed by atoms with Gasteiger partial charge in [0.1, 0.15) is 5.82 Å². The monoisotopic (exact) mass is 342 g/mol. The maximum atomic E-state index is 14.7. The van der Waals surface area contributed by atoms with Gasteiger partial charge in [0.2, 0.25) is 0 Å². The Morgan fingerprint density at radius 1 is 1.13 bits per heavy atom. The van der Waals surface area contributed by atoms with Gasteiger partial charge in [-0.3, -0.25) is 0 Å². The first kappa shape index (κ1) is 17.2. The van der Waals surface area contributed by atoms with Crippen LogP contribution >= 0.6 is 11.6 Å². The van der Waals surface area contributed by atoms with Crippen molar-refractivity contribution in [1.82, 2.24) is 0 Å². The van der Waals surface area contributed by atoms with Crippen LogP contribution in [0.2, 0.25) is 5.02 Å². The molecule has 4 nitrogen and oxygen atoms in total. The van der Waals surface area contributed by atoms with E-state index in [-0.39, 0.29) is 5.56 Å². The van der Waals surface area contributed by atoms with E-state index in [1.807, 2.05) is 27.7 Å². The van der Waals surface area contributed by atoms with Crippen LogP contribution in [0.5, 0.6) is 0 Å². The third kappa shape index (κ3) is 2.81. The van der Waals surface area contributed by atoms with E-state index < -0.39 is 30.4 Å². The van der Waals surface area contributed by atoms with E-state index in [0.717, 1.165) is 0 Å². The highest BCUT2D eigenvalue weighted by atomic mass is 35.5. The van der Waals surface area contributed by atoms with Crippen molar-refractivity contribution in [3.8, 4) is 0 Å². The average molecular weight is 343 g/mol. The Labute approximate surface area is 141 Å². The first-order chi connectivity index (χ1) is 10.6. The fourth-order valence-electron chi connectivity index (χ4n) is 2.75. The Bertz CT molecular complexity index is 613. The highest BCUT2D eigenvalue weighted by Crippen LogP contribution is 2.39. The summed E-state index contributed by atoms with van der Waals surface area (Å²) in [5, 5.41) is 0.416. The van der Waals surface area contributed by atoms with E-state index in [4.69, 9.17) is 30.4 Å². The minimum atomic E-state index is -0.790. The molecule has 0 atom stereocenters. The van der Waals surface area contributed by atoms with Crippen LogP contribution in [0.15, 0.2) is 6.07 Å². The molecule has 7 heteroatoms. The van der Waals surface area contributed by atoms with Crippen LogP contribution in [0.4, 0.5) is 4.39 Å². The summed E-state index contributed by atoms with van der Waals surface area (Å²) in [6.07, 6.45) is -0.790. The molecule has 0 aliphatic carbocycles. The number of hydrogen-bond donors (Lipinski definition) is 0. The fraction of sp³-hybridized carbons (Fsp3) is 0.625. The van der Waals surface area contributed by atoms with Gasteiger partial charge >= 0.3 is 7.12 Å². The third-order valence-corrected chi connectivity index (χ3v) is 5.32. The highest BCUT2D eigenvalue weighted by molar-refractivity contribution is 6.66. The summed E-state index contributed by atoms with van der Waals surface area (Å²) in [7, 11) is -0.773. The van der Waals surface area contributed by atoms with Crippen molar-refractivity contribution in [1.29, 1.82) is 0 Å². The molecule has 0 unspecified atom stereocenters. The zero-order chi connectivity index (χ0) is 17.0. The van der Waals surface area contributed by atoms with E-state index in [1.54, 1.807) is 6.92 Å². The van der Waals surface area contributed by atoms with Gasteiger partial charge in [0.15, 0.2) is 6.29 Å². The van der Waals surface area contributed by atoms with Crippen molar-refractivity contribution in [3.05, 3.63) is 28.0 Å². The van der Waals surface area contributed by atoms with Crippen molar-refractivity contribution in [2.24, 2.45) is 0 Å². The lowest BCUT2D eigenvalue weighted by atomic mass is 9.74. The van der Waals surface area contributed by atoms with Crippen LogP contribution in [-0.4, -0.2) is 31.5 Å². The summed E-state index contributed by atoms with van der Waals surface area (Å²) in [5.74, 6) is -0.427. The molecule has 1 aromatic carbocycles. The van der Waals surface area contributed by atoms with E-state index in [9.17, 15) is 4.39 Å². The SMILES string of the molecule is Cc1cc(F)c(C2OCCO2)c(B2OC(C)(C)C(C)(C)O2)c1Cl. The Morgan fingerprint density at radius 2 is 1.65 bits per heavy atom. The molecule has 2 aliphatic heterocycles. The van der Waals surface area contributed by atoms with Crippen molar-refractivity contribution in [2.45, 2.75) is 52.1 Å². The van der Waals surface area contributed by atoms with Gasteiger partial charge in [0.25, 0.3) is 0 Å². The molecule has 2 heterocycles. The number of rotatable bonds is 2. The molecule has 0 radical (unpaired) electrons. The molecule has 126 valence electrons. The van der Waals surface area contributed by atoms with E-state index in [0.29, 0.717) is 29.3 Å². The predicted octanol–water partition coefficient (Wildman–Crippen LogP) is 3.13. The predicted molar refractivity (Wildman–Crippen MR) is 86.5 cm³/mol. The maximum Gasteiger partial charge on any atom is 0.496 e. The molecule has 3 rings (SSSR count). The zero-order valence-electron chi connectivity index (χ0n) is 14.0. The minimum Gasteiger partial charge on any atom is -0.399 e. The van der Waals surface area contributed by atoms with Crippen LogP contribution in [-0.2, 0) is 18.8 Å². The smallest absolute Gasteiger partial charge is 0.399 e. The lowest BCUT2D eigenvalue weighted by Crippen LogP contribution is -2.41. The molecular formula is C16H21BClFO4. The fourth-order valence-corrected chi connectivity index (χ4v) is 2.99. The third-order valence-electron chi connectivity index (χ3n) is 4.82. The van der Waals surface area contributed by atoms with Crippen LogP contribution in [0.3, 0.4) is 0 Å². The van der Waals surface area contributed by atoms with Crippen LogP contribution in [0.25, 0.3) is 0 Å². The largest absolute Gasteiger partial charge is 0.496 e. The van der Waals surface area contributed by atoms with Gasteiger partial charge in [-0.15, -0.1) is 0 Å². The molecule has 1 aromatic rings. The lowest BCUT2D eigenvalue weighted by molar-refractivity contribution is -0.0458. The Kier molecular flexibility index (Phi) is 4.26. The summed E-state index contributed by atoms with van der Waals surface area (Å²) in [6.45, 7) is 10.3. The van der Waals surface area contributed by atoms with Crippen molar-refractivity contribution >= 4 is 24.2 Å². The molecular weight excluding hydrogens is 321 g/mol. The summed E-state index contributed by atoms with van der Waals surface area (Å²) < 4.78 is 37.7. The second-order valence-corrected chi connectivity index (χ2v) is 7.36. The molecule has 0 aromatic heterocycles. The Hall–Kier alpha value is -0.655. The summed E-state index contributed by atoms with van der Waals surface area (Å²) >= 11 is 6.48. The van der Waals surface area contributed by atoms with Crippen LogP contribution in [0.1, 0.15) is 45.1 Å². The molecule has 0 amide bonds. The topological polar surface area (TPSA) is 36.9 Å². The van der Waals surface area contributed by atoms with Gasteiger partial charge in [0.05, 0.1) is 24.4 Å². The number of aryl methyl sites for hydroxylation is 1. The van der Waals surface area contributed by atoms with Gasteiger partial charge in [-0.1, -0.05) is 11.6 Å². The molecule has 2 aliphatic rings. The molecule has 23 heavy (non-hydrogen) atoms. The van der Waals surface area contributed by atoms with Crippen molar-refractivity contribution < 1.29 is 23.2 Å². The molecule has 2 saturated heterocycles. The normalized spacial score (nSPS) is 23.7. The standard InChI is InChI=1S/C16H21BClFO4/c1-9-8-10(19)11(14-20-6-7-21-14)12(13(9)18)17-22-15(2,3)16(4,5)23-17/h8,14H,6-7H2,1-5H3. The average Bonchev–Trinajstić information content (AvgIpc) is 3.00. The minimum absolute atomic E-state index is 0.261. The number of hydrogen-bond acceptors (Lipinski definition) is 4. The van der Waals surface area contributed by atoms with Crippen LogP contribution in [0, 0.1) is 12.7 Å². The molecule has 0 saturated carbocycles. The Morgan fingerprint density at radius 3 is 2.17 bits per heavy atom. The highest BCUT2D eigenvalue weighted by Gasteiger charge is 2.53. The lowest BCUT2D eigenvalue weighted by Gasteiger charge is -2.32. The molecule has 0 N–H and O–H groups in total. The van der Waals surface area contributed by atoms with E-state index in [1.165, 1.54) is 6.07 Å². The van der Waals surface area contributed by atoms with Gasteiger partial charge in [-0.2, -0.15) is 0 Å². The second-order valence-electron chi connectivity index (χ2n) is 6.98. The molecule has 0 spiro atoms. The number of ether oxygens (including phenoxy) is 2.